The minimum atomic E-state index is -4.63. The van der Waals surface area contributed by atoms with Gasteiger partial charge in [0.15, 0.2) is 0 Å². The van der Waals surface area contributed by atoms with Crippen LogP contribution in [0.4, 0.5) is 13.2 Å². The van der Waals surface area contributed by atoms with Gasteiger partial charge in [-0.1, -0.05) is 28.9 Å². The first kappa shape index (κ1) is 21.3. The van der Waals surface area contributed by atoms with Gasteiger partial charge in [-0.25, -0.2) is 4.68 Å². The molecule has 0 bridgehead atoms. The number of benzene rings is 1. The summed E-state index contributed by atoms with van der Waals surface area (Å²) in [5.41, 5.74) is 3.32. The maximum absolute atomic E-state index is 13.1. The van der Waals surface area contributed by atoms with E-state index in [0.29, 0.717) is 25.2 Å². The molecule has 1 aliphatic heterocycles. The van der Waals surface area contributed by atoms with Gasteiger partial charge in [-0.3, -0.25) is 9.78 Å². The van der Waals surface area contributed by atoms with Gasteiger partial charge in [0, 0.05) is 19.2 Å². The van der Waals surface area contributed by atoms with Crippen molar-refractivity contribution in [2.45, 2.75) is 39.5 Å². The third-order valence-electron chi connectivity index (χ3n) is 5.32. The number of hydrogen-bond acceptors (Lipinski definition) is 4. The van der Waals surface area contributed by atoms with E-state index in [9.17, 15) is 18.0 Å². The van der Waals surface area contributed by atoms with E-state index in [1.54, 1.807) is 10.9 Å². The quantitative estimate of drug-likeness (QED) is 0.601. The highest BCUT2D eigenvalue weighted by Gasteiger charge is 2.36. The lowest BCUT2D eigenvalue weighted by molar-refractivity contribution is -0.137. The van der Waals surface area contributed by atoms with Crippen LogP contribution in [-0.4, -0.2) is 37.3 Å². The summed E-state index contributed by atoms with van der Waals surface area (Å²) in [5, 5.41) is 7.80. The number of alkyl halides is 3. The average molecular weight is 450 g/mol. The van der Waals surface area contributed by atoms with Gasteiger partial charge in [0.25, 0.3) is 5.91 Å². The summed E-state index contributed by atoms with van der Waals surface area (Å²) in [7, 11) is 0. The van der Waals surface area contributed by atoms with Gasteiger partial charge in [0.05, 0.1) is 40.6 Å². The van der Waals surface area contributed by atoms with E-state index in [4.69, 9.17) is 11.6 Å². The van der Waals surface area contributed by atoms with E-state index < -0.39 is 22.7 Å². The molecule has 0 radical (unpaired) electrons. The number of pyridine rings is 1. The van der Waals surface area contributed by atoms with Crippen molar-refractivity contribution in [2.75, 3.05) is 6.54 Å². The molecule has 1 aliphatic rings. The van der Waals surface area contributed by atoms with E-state index in [0.717, 1.165) is 28.6 Å². The largest absolute Gasteiger partial charge is 0.417 e. The van der Waals surface area contributed by atoms with Gasteiger partial charge in [-0.15, -0.1) is 5.10 Å². The molecule has 0 N–H and O–H groups in total. The van der Waals surface area contributed by atoms with E-state index in [1.807, 2.05) is 19.9 Å². The molecule has 2 aromatic heterocycles. The topological polar surface area (TPSA) is 63.9 Å². The summed E-state index contributed by atoms with van der Waals surface area (Å²) >= 11 is 5.92. The summed E-state index contributed by atoms with van der Waals surface area (Å²) in [6, 6.07) is 5.40. The van der Waals surface area contributed by atoms with Crippen molar-refractivity contribution in [2.24, 2.45) is 0 Å². The van der Waals surface area contributed by atoms with Crippen LogP contribution in [0.25, 0.3) is 0 Å². The normalized spacial score (nSPS) is 13.9. The number of fused-ring (bicyclic) bond motifs is 1. The van der Waals surface area contributed by atoms with Gasteiger partial charge < -0.3 is 4.90 Å². The fraction of sp³-hybridized carbons (Fsp3) is 0.333. The highest BCUT2D eigenvalue weighted by molar-refractivity contribution is 6.34. The molecule has 0 saturated heterocycles. The van der Waals surface area contributed by atoms with Gasteiger partial charge in [-0.2, -0.15) is 13.2 Å². The maximum atomic E-state index is 13.1. The van der Waals surface area contributed by atoms with Crippen molar-refractivity contribution in [1.82, 2.24) is 24.9 Å². The molecule has 4 rings (SSSR count). The van der Waals surface area contributed by atoms with E-state index in [2.05, 4.69) is 15.3 Å². The number of aromatic nitrogens is 4. The Morgan fingerprint density at radius 1 is 1.26 bits per heavy atom. The lowest BCUT2D eigenvalue weighted by atomic mass is 10.1. The van der Waals surface area contributed by atoms with Crippen molar-refractivity contribution in [3.8, 4) is 0 Å². The number of rotatable bonds is 3. The van der Waals surface area contributed by atoms with Gasteiger partial charge in [0.1, 0.15) is 5.69 Å². The number of carbonyl (C=O) groups is 1. The number of hydrogen-bond donors (Lipinski definition) is 0. The van der Waals surface area contributed by atoms with Crippen LogP contribution in [0.2, 0.25) is 5.02 Å². The zero-order chi connectivity index (χ0) is 22.3. The zero-order valence-corrected chi connectivity index (χ0v) is 17.6. The predicted molar refractivity (Wildman–Crippen MR) is 108 cm³/mol. The van der Waals surface area contributed by atoms with Crippen molar-refractivity contribution in [3.63, 3.8) is 0 Å². The van der Waals surface area contributed by atoms with E-state index >= 15 is 0 Å². The molecule has 3 heterocycles. The summed E-state index contributed by atoms with van der Waals surface area (Å²) in [6.07, 6.45) is -2.35. The number of aryl methyl sites for hydroxylation is 2. The van der Waals surface area contributed by atoms with Crippen LogP contribution in [0.15, 0.2) is 30.5 Å². The van der Waals surface area contributed by atoms with Gasteiger partial charge in [0.2, 0.25) is 0 Å². The second-order valence-electron chi connectivity index (χ2n) is 7.56. The van der Waals surface area contributed by atoms with Crippen molar-refractivity contribution in [3.05, 3.63) is 74.8 Å². The Kier molecular flexibility index (Phi) is 5.47. The number of nitrogens with zero attached hydrogens (tertiary/aromatic N) is 5. The average Bonchev–Trinajstić information content (AvgIpc) is 3.11. The first-order valence-electron chi connectivity index (χ1n) is 9.63. The Morgan fingerprint density at radius 2 is 2.03 bits per heavy atom. The number of carbonyl (C=O) groups excluding carboxylic acids is 1. The van der Waals surface area contributed by atoms with Crippen molar-refractivity contribution >= 4 is 17.5 Å². The molecule has 0 saturated carbocycles. The van der Waals surface area contributed by atoms with Crippen LogP contribution in [0.1, 0.15) is 44.1 Å². The summed E-state index contributed by atoms with van der Waals surface area (Å²) in [5.74, 6) is -0.563. The standard InChI is InChI=1S/C21H19ClF3N5O/c1-12-8-13(2)16(26-9-12)11-30-18-6-7-29(10-17(18)27-28-30)20(31)14-4-3-5-15(19(14)22)21(23,24)25/h3-5,8-9H,6-7,10-11H2,1-2H3. The third kappa shape index (κ3) is 4.14. The minimum absolute atomic E-state index is 0.154. The Balaban J connectivity index is 1.55. The Hall–Kier alpha value is -2.94. The van der Waals surface area contributed by atoms with E-state index in [-0.39, 0.29) is 12.1 Å². The van der Waals surface area contributed by atoms with Crippen LogP contribution in [0, 0.1) is 13.8 Å². The molecular weight excluding hydrogens is 431 g/mol. The Bertz CT molecular complexity index is 1160. The van der Waals surface area contributed by atoms with Crippen LogP contribution in [0.3, 0.4) is 0 Å². The lowest BCUT2D eigenvalue weighted by Crippen LogP contribution is -2.37. The SMILES string of the molecule is Cc1cnc(Cn2nnc3c2CCN(C(=O)c2cccc(C(F)(F)F)c2Cl)C3)c(C)c1. The van der Waals surface area contributed by atoms with Crippen LogP contribution in [-0.2, 0) is 25.7 Å². The van der Waals surface area contributed by atoms with Crippen LogP contribution < -0.4 is 0 Å². The molecule has 10 heteroatoms. The molecule has 0 unspecified atom stereocenters. The first-order chi connectivity index (χ1) is 14.6. The fourth-order valence-electron chi connectivity index (χ4n) is 3.70. The fourth-order valence-corrected chi connectivity index (χ4v) is 4.02. The molecule has 162 valence electrons. The second-order valence-corrected chi connectivity index (χ2v) is 7.94. The molecular formula is C21H19ClF3N5O. The number of amides is 1. The molecule has 3 aromatic rings. The molecule has 6 nitrogen and oxygen atoms in total. The lowest BCUT2D eigenvalue weighted by Gasteiger charge is -2.27. The third-order valence-corrected chi connectivity index (χ3v) is 5.73. The summed E-state index contributed by atoms with van der Waals surface area (Å²) in [6.45, 7) is 4.90. The highest BCUT2D eigenvalue weighted by atomic mass is 35.5. The van der Waals surface area contributed by atoms with Crippen molar-refractivity contribution in [1.29, 1.82) is 0 Å². The molecule has 1 aromatic carbocycles. The molecule has 0 spiro atoms. The maximum Gasteiger partial charge on any atom is 0.417 e. The molecule has 1 amide bonds. The van der Waals surface area contributed by atoms with E-state index in [1.165, 1.54) is 17.0 Å². The predicted octanol–water partition coefficient (Wildman–Crippen LogP) is 4.21. The van der Waals surface area contributed by atoms with Crippen molar-refractivity contribution < 1.29 is 18.0 Å². The molecule has 0 atom stereocenters. The smallest absolute Gasteiger partial charge is 0.332 e. The first-order valence-corrected chi connectivity index (χ1v) is 10.0. The Labute approximate surface area is 181 Å². The second kappa shape index (κ2) is 7.96. The molecule has 31 heavy (non-hydrogen) atoms. The van der Waals surface area contributed by atoms with Gasteiger partial charge in [-0.05, 0) is 37.1 Å². The monoisotopic (exact) mass is 449 g/mol. The van der Waals surface area contributed by atoms with Crippen LogP contribution in [0.5, 0.6) is 0 Å². The molecule has 0 fully saturated rings. The number of halogens is 4. The molecule has 0 aliphatic carbocycles. The minimum Gasteiger partial charge on any atom is -0.332 e. The summed E-state index contributed by atoms with van der Waals surface area (Å²) in [4.78, 5) is 18.8. The van der Waals surface area contributed by atoms with Gasteiger partial charge >= 0.3 is 6.18 Å². The summed E-state index contributed by atoms with van der Waals surface area (Å²) < 4.78 is 41.1. The van der Waals surface area contributed by atoms with Crippen LogP contribution >= 0.6 is 11.6 Å². The zero-order valence-electron chi connectivity index (χ0n) is 16.9. The highest BCUT2D eigenvalue weighted by Crippen LogP contribution is 2.36. The Morgan fingerprint density at radius 3 is 2.74 bits per heavy atom.